The molecule has 100 valence electrons. The molecular formula is C18H13BBrN. The van der Waals surface area contributed by atoms with Crippen molar-refractivity contribution in [1.82, 2.24) is 0 Å². The van der Waals surface area contributed by atoms with E-state index in [4.69, 9.17) is 0 Å². The number of rotatable bonds is 1. The van der Waals surface area contributed by atoms with Crippen LogP contribution < -0.4 is 16.2 Å². The minimum Gasteiger partial charge on any atom is -0.419 e. The van der Waals surface area contributed by atoms with Crippen molar-refractivity contribution < 1.29 is 0 Å². The number of hydrogen-bond acceptors (Lipinski definition) is 1. The predicted molar refractivity (Wildman–Crippen MR) is 94.7 cm³/mol. The largest absolute Gasteiger partial charge is 0.419 e. The van der Waals surface area contributed by atoms with Crippen LogP contribution in [0.15, 0.2) is 77.3 Å². The molecule has 1 aliphatic rings. The molecule has 4 rings (SSSR count). The lowest BCUT2D eigenvalue weighted by Crippen LogP contribution is -2.51. The molecule has 1 aliphatic heterocycles. The van der Waals surface area contributed by atoms with E-state index in [9.17, 15) is 0 Å². The van der Waals surface area contributed by atoms with Crippen LogP contribution in [0, 0.1) is 0 Å². The predicted octanol–water partition coefficient (Wildman–Crippen LogP) is 3.65. The number of halogens is 1. The van der Waals surface area contributed by atoms with E-state index >= 15 is 0 Å². The summed E-state index contributed by atoms with van der Waals surface area (Å²) in [6, 6.07) is 25.6. The molecule has 0 aromatic heterocycles. The highest BCUT2D eigenvalue weighted by molar-refractivity contribution is 9.10. The van der Waals surface area contributed by atoms with Gasteiger partial charge in [0.25, 0.3) is 0 Å². The van der Waals surface area contributed by atoms with Gasteiger partial charge in [-0.3, -0.25) is 0 Å². The molecule has 3 aromatic carbocycles. The molecule has 0 saturated carbocycles. The highest BCUT2D eigenvalue weighted by atomic mass is 79.9. The summed E-state index contributed by atoms with van der Waals surface area (Å²) in [7, 11) is 0. The zero-order chi connectivity index (χ0) is 14.2. The fourth-order valence-electron chi connectivity index (χ4n) is 3.02. The van der Waals surface area contributed by atoms with Crippen LogP contribution in [0.4, 0.5) is 5.69 Å². The van der Waals surface area contributed by atoms with Gasteiger partial charge in [0, 0.05) is 15.7 Å². The van der Waals surface area contributed by atoms with Crippen molar-refractivity contribution in [2.75, 3.05) is 5.23 Å². The number of benzene rings is 3. The van der Waals surface area contributed by atoms with Crippen LogP contribution in [0.2, 0.25) is 0 Å². The Kier molecular flexibility index (Phi) is 3.08. The van der Waals surface area contributed by atoms with Crippen molar-refractivity contribution in [3.63, 3.8) is 0 Å². The minimum atomic E-state index is 0.189. The molecule has 0 fully saturated rings. The Morgan fingerprint density at radius 1 is 0.714 bits per heavy atom. The molecule has 1 N–H and O–H groups in total. The van der Waals surface area contributed by atoms with Gasteiger partial charge in [0.05, 0.1) is 0 Å². The lowest BCUT2D eigenvalue weighted by Gasteiger charge is -2.28. The third kappa shape index (κ3) is 2.09. The lowest BCUT2D eigenvalue weighted by molar-refractivity contribution is 1.55. The monoisotopic (exact) mass is 333 g/mol. The fraction of sp³-hybridized carbons (Fsp3) is 0. The molecule has 3 aromatic rings. The van der Waals surface area contributed by atoms with Crippen LogP contribution in [0.5, 0.6) is 0 Å². The standard InChI is InChI=1S/C18H13BBrN/c20-17-12-6-10-15-14-9-4-5-11-16(14)19(21-18(15)17)13-7-2-1-3-8-13/h1-12,21H. The van der Waals surface area contributed by atoms with E-state index < -0.39 is 0 Å². The Bertz CT molecular complexity index is 801. The van der Waals surface area contributed by atoms with Crippen molar-refractivity contribution in [3.05, 3.63) is 77.3 Å². The van der Waals surface area contributed by atoms with Crippen LogP contribution in [0.1, 0.15) is 0 Å². The molecule has 0 unspecified atom stereocenters. The van der Waals surface area contributed by atoms with E-state index in [1.807, 2.05) is 0 Å². The summed E-state index contributed by atoms with van der Waals surface area (Å²) >= 11 is 3.67. The van der Waals surface area contributed by atoms with Crippen LogP contribution in [0.25, 0.3) is 11.1 Å². The maximum absolute atomic E-state index is 3.69. The van der Waals surface area contributed by atoms with Gasteiger partial charge in [-0.25, -0.2) is 0 Å². The minimum absolute atomic E-state index is 0.189. The average molecular weight is 334 g/mol. The number of nitrogens with one attached hydrogen (secondary N) is 1. The zero-order valence-electron chi connectivity index (χ0n) is 11.4. The summed E-state index contributed by atoms with van der Waals surface area (Å²) in [5, 5.41) is 3.69. The summed E-state index contributed by atoms with van der Waals surface area (Å²) in [5.74, 6) is 0. The van der Waals surface area contributed by atoms with Gasteiger partial charge in [-0.05, 0) is 33.0 Å². The average Bonchev–Trinajstić information content (AvgIpc) is 2.55. The Hall–Kier alpha value is -2.00. The van der Waals surface area contributed by atoms with E-state index in [1.54, 1.807) is 0 Å². The van der Waals surface area contributed by atoms with E-state index in [0.717, 1.165) is 4.47 Å². The quantitative estimate of drug-likeness (QED) is 0.670. The molecule has 0 radical (unpaired) electrons. The molecule has 0 saturated heterocycles. The third-order valence-electron chi connectivity index (χ3n) is 4.00. The lowest BCUT2D eigenvalue weighted by atomic mass is 9.48. The van der Waals surface area contributed by atoms with Crippen molar-refractivity contribution >= 4 is 39.4 Å². The highest BCUT2D eigenvalue weighted by Gasteiger charge is 2.29. The van der Waals surface area contributed by atoms with Gasteiger partial charge >= 0.3 is 6.85 Å². The summed E-state index contributed by atoms with van der Waals surface area (Å²) in [6.07, 6.45) is 0. The van der Waals surface area contributed by atoms with Crippen LogP contribution in [0.3, 0.4) is 0 Å². The zero-order valence-corrected chi connectivity index (χ0v) is 13.0. The molecule has 0 amide bonds. The second kappa shape index (κ2) is 5.08. The normalized spacial score (nSPS) is 12.3. The van der Waals surface area contributed by atoms with E-state index in [1.165, 1.54) is 27.7 Å². The SMILES string of the molecule is Brc1cccc2c1NB(c1ccccc1)c1ccccc1-2. The maximum atomic E-state index is 3.69. The van der Waals surface area contributed by atoms with Crippen molar-refractivity contribution in [2.45, 2.75) is 0 Å². The van der Waals surface area contributed by atoms with Gasteiger partial charge in [-0.2, -0.15) is 0 Å². The second-order valence-corrected chi connectivity index (χ2v) is 6.09. The summed E-state index contributed by atoms with van der Waals surface area (Å²) < 4.78 is 1.11. The Balaban J connectivity index is 1.96. The van der Waals surface area contributed by atoms with Crippen molar-refractivity contribution in [2.24, 2.45) is 0 Å². The number of hydrogen-bond donors (Lipinski definition) is 1. The molecule has 21 heavy (non-hydrogen) atoms. The molecule has 1 nitrogen and oxygen atoms in total. The Morgan fingerprint density at radius 3 is 2.29 bits per heavy atom. The molecule has 0 spiro atoms. The fourth-order valence-corrected chi connectivity index (χ4v) is 3.50. The van der Waals surface area contributed by atoms with E-state index in [2.05, 4.69) is 94.0 Å². The highest BCUT2D eigenvalue weighted by Crippen LogP contribution is 2.36. The first kappa shape index (κ1) is 12.7. The van der Waals surface area contributed by atoms with Gasteiger partial charge in [0.15, 0.2) is 0 Å². The Morgan fingerprint density at radius 2 is 1.43 bits per heavy atom. The second-order valence-electron chi connectivity index (χ2n) is 5.24. The molecule has 0 aliphatic carbocycles. The maximum Gasteiger partial charge on any atom is 0.321 e. The molecular weight excluding hydrogens is 321 g/mol. The molecule has 0 bridgehead atoms. The van der Waals surface area contributed by atoms with E-state index in [-0.39, 0.29) is 6.85 Å². The van der Waals surface area contributed by atoms with Gasteiger partial charge in [-0.1, -0.05) is 72.2 Å². The first-order valence-corrected chi connectivity index (χ1v) is 7.83. The topological polar surface area (TPSA) is 12.0 Å². The number of para-hydroxylation sites is 1. The number of anilines is 1. The summed E-state index contributed by atoms with van der Waals surface area (Å²) in [5.41, 5.74) is 6.35. The molecule has 1 heterocycles. The molecule has 3 heteroatoms. The smallest absolute Gasteiger partial charge is 0.321 e. The van der Waals surface area contributed by atoms with Crippen molar-refractivity contribution in [3.8, 4) is 11.1 Å². The van der Waals surface area contributed by atoms with E-state index in [0.29, 0.717) is 0 Å². The Labute approximate surface area is 133 Å². The summed E-state index contributed by atoms with van der Waals surface area (Å²) in [4.78, 5) is 0. The first-order chi connectivity index (χ1) is 10.3. The van der Waals surface area contributed by atoms with Gasteiger partial charge in [0.1, 0.15) is 0 Å². The van der Waals surface area contributed by atoms with Gasteiger partial charge in [0.2, 0.25) is 0 Å². The molecule has 0 atom stereocenters. The first-order valence-electron chi connectivity index (χ1n) is 7.04. The van der Waals surface area contributed by atoms with Crippen molar-refractivity contribution in [1.29, 1.82) is 0 Å². The number of fused-ring (bicyclic) bond motifs is 3. The van der Waals surface area contributed by atoms with Crippen LogP contribution >= 0.6 is 15.9 Å². The van der Waals surface area contributed by atoms with Crippen LogP contribution in [-0.2, 0) is 0 Å². The van der Waals surface area contributed by atoms with Gasteiger partial charge < -0.3 is 5.23 Å². The van der Waals surface area contributed by atoms with Crippen LogP contribution in [-0.4, -0.2) is 6.85 Å². The third-order valence-corrected chi connectivity index (χ3v) is 4.66. The van der Waals surface area contributed by atoms with Gasteiger partial charge in [-0.15, -0.1) is 0 Å². The summed E-state index contributed by atoms with van der Waals surface area (Å²) in [6.45, 7) is 0.189.